The number of nitrogens with zero attached hydrogens (tertiary/aromatic N) is 1. The first-order valence-electron chi connectivity index (χ1n) is 5.54. The number of carbonyl (C=O) groups is 2. The number of hydrogen-bond acceptors (Lipinski definition) is 4. The van der Waals surface area contributed by atoms with Gasteiger partial charge in [-0.3, -0.25) is 9.59 Å². The highest BCUT2D eigenvalue weighted by atomic mass is 16.5. The zero-order valence-corrected chi connectivity index (χ0v) is 9.69. The Balaban J connectivity index is 2.08. The Labute approximate surface area is 103 Å². The topological polar surface area (TPSA) is 72.2 Å². The molecular formula is C13H10N2O3. The molecule has 2 heterocycles. The normalized spacial score (nSPS) is 13.3. The van der Waals surface area contributed by atoms with Crippen LogP contribution in [0.15, 0.2) is 28.9 Å². The van der Waals surface area contributed by atoms with Gasteiger partial charge in [0.1, 0.15) is 0 Å². The molecule has 1 aromatic carbocycles. The van der Waals surface area contributed by atoms with E-state index < -0.39 is 0 Å². The second-order valence-corrected chi connectivity index (χ2v) is 4.22. The van der Waals surface area contributed by atoms with E-state index in [9.17, 15) is 9.59 Å². The Morgan fingerprint density at radius 1 is 1.44 bits per heavy atom. The van der Waals surface area contributed by atoms with Crippen LogP contribution in [0, 0.1) is 0 Å². The molecule has 0 saturated carbocycles. The molecule has 2 aromatic rings. The third-order valence-corrected chi connectivity index (χ3v) is 2.94. The summed E-state index contributed by atoms with van der Waals surface area (Å²) in [6.07, 6.45) is 1.76. The van der Waals surface area contributed by atoms with Gasteiger partial charge in [0, 0.05) is 11.3 Å². The van der Waals surface area contributed by atoms with Crippen LogP contribution in [0.1, 0.15) is 22.8 Å². The van der Waals surface area contributed by atoms with Gasteiger partial charge in [0.15, 0.2) is 11.5 Å². The molecule has 0 bridgehead atoms. The molecule has 0 fully saturated rings. The maximum atomic E-state index is 11.4. The second kappa shape index (κ2) is 3.80. The lowest BCUT2D eigenvalue weighted by Crippen LogP contribution is -2.03. The molecule has 0 aliphatic carbocycles. The van der Waals surface area contributed by atoms with Crippen LogP contribution in [-0.4, -0.2) is 16.8 Å². The molecule has 1 aliphatic rings. The van der Waals surface area contributed by atoms with Crippen LogP contribution in [0.3, 0.4) is 0 Å². The summed E-state index contributed by atoms with van der Waals surface area (Å²) < 4.78 is 5.12. The first kappa shape index (κ1) is 10.7. The van der Waals surface area contributed by atoms with E-state index in [0.717, 1.165) is 16.8 Å². The average molecular weight is 242 g/mol. The summed E-state index contributed by atoms with van der Waals surface area (Å²) in [6.45, 7) is 1.47. The van der Waals surface area contributed by atoms with Crippen molar-refractivity contribution >= 4 is 17.4 Å². The number of fused-ring (bicyclic) bond motifs is 1. The number of aromatic nitrogens is 1. The van der Waals surface area contributed by atoms with E-state index >= 15 is 0 Å². The minimum atomic E-state index is -0.0963. The molecule has 3 rings (SSSR count). The van der Waals surface area contributed by atoms with Gasteiger partial charge < -0.3 is 9.84 Å². The van der Waals surface area contributed by atoms with Crippen LogP contribution < -0.4 is 5.32 Å². The Bertz CT molecular complexity index is 658. The molecule has 18 heavy (non-hydrogen) atoms. The summed E-state index contributed by atoms with van der Waals surface area (Å²) in [5.74, 6) is 0.331. The van der Waals surface area contributed by atoms with Gasteiger partial charge >= 0.3 is 0 Å². The number of ketones is 1. The van der Waals surface area contributed by atoms with E-state index in [4.69, 9.17) is 4.52 Å². The van der Waals surface area contributed by atoms with Crippen molar-refractivity contribution in [2.24, 2.45) is 0 Å². The molecular weight excluding hydrogens is 232 g/mol. The highest BCUT2D eigenvalue weighted by molar-refractivity contribution is 6.01. The third kappa shape index (κ3) is 1.60. The monoisotopic (exact) mass is 242 g/mol. The largest absolute Gasteiger partial charge is 0.356 e. The van der Waals surface area contributed by atoms with Crippen molar-refractivity contribution < 1.29 is 14.1 Å². The first-order chi connectivity index (χ1) is 8.65. The number of nitrogens with one attached hydrogen (secondary N) is 1. The standard InChI is InChI=1S/C13H10N2O3/c1-7(16)10-6-14-18-13(10)8-2-3-11-9(4-8)5-12(17)15-11/h2-4,6H,5H2,1H3,(H,15,17). The number of Topliss-reactive ketones (excluding diaryl/α,β-unsaturated/α-hetero) is 1. The number of benzene rings is 1. The molecule has 1 aromatic heterocycles. The summed E-state index contributed by atoms with van der Waals surface area (Å²) in [4.78, 5) is 22.7. The fourth-order valence-electron chi connectivity index (χ4n) is 2.07. The number of anilines is 1. The Kier molecular flexibility index (Phi) is 2.26. The Hall–Kier alpha value is -2.43. The lowest BCUT2D eigenvalue weighted by atomic mass is 10.0. The fraction of sp³-hybridized carbons (Fsp3) is 0.154. The third-order valence-electron chi connectivity index (χ3n) is 2.94. The zero-order valence-electron chi connectivity index (χ0n) is 9.69. The molecule has 1 amide bonds. The van der Waals surface area contributed by atoms with E-state index in [1.54, 1.807) is 6.07 Å². The number of rotatable bonds is 2. The smallest absolute Gasteiger partial charge is 0.228 e. The molecule has 1 aliphatic heterocycles. The minimum Gasteiger partial charge on any atom is -0.356 e. The van der Waals surface area contributed by atoms with Crippen molar-refractivity contribution in [1.29, 1.82) is 0 Å². The highest BCUT2D eigenvalue weighted by Gasteiger charge is 2.20. The Morgan fingerprint density at radius 2 is 2.28 bits per heavy atom. The quantitative estimate of drug-likeness (QED) is 0.818. The van der Waals surface area contributed by atoms with E-state index in [1.165, 1.54) is 13.1 Å². The predicted octanol–water partition coefficient (Wildman–Crippen LogP) is 2.04. The van der Waals surface area contributed by atoms with Crippen LogP contribution in [0.25, 0.3) is 11.3 Å². The van der Waals surface area contributed by atoms with Crippen molar-refractivity contribution in [1.82, 2.24) is 5.16 Å². The second-order valence-electron chi connectivity index (χ2n) is 4.22. The van der Waals surface area contributed by atoms with Crippen molar-refractivity contribution in [3.8, 4) is 11.3 Å². The summed E-state index contributed by atoms with van der Waals surface area (Å²) in [5.41, 5.74) is 2.93. The summed E-state index contributed by atoms with van der Waals surface area (Å²) in [7, 11) is 0. The van der Waals surface area contributed by atoms with Crippen LogP contribution in [-0.2, 0) is 11.2 Å². The van der Waals surface area contributed by atoms with Gasteiger partial charge in [0.05, 0.1) is 18.2 Å². The lowest BCUT2D eigenvalue weighted by molar-refractivity contribution is -0.115. The number of hydrogen-bond donors (Lipinski definition) is 1. The lowest BCUT2D eigenvalue weighted by Gasteiger charge is -2.02. The van der Waals surface area contributed by atoms with Gasteiger partial charge in [-0.15, -0.1) is 0 Å². The molecule has 1 N–H and O–H groups in total. The molecule has 5 nitrogen and oxygen atoms in total. The molecule has 0 unspecified atom stereocenters. The van der Waals surface area contributed by atoms with Gasteiger partial charge in [-0.05, 0) is 30.7 Å². The zero-order chi connectivity index (χ0) is 12.7. The number of amides is 1. The van der Waals surface area contributed by atoms with Gasteiger partial charge in [-0.2, -0.15) is 0 Å². The van der Waals surface area contributed by atoms with Gasteiger partial charge in [-0.1, -0.05) is 5.16 Å². The summed E-state index contributed by atoms with van der Waals surface area (Å²) >= 11 is 0. The average Bonchev–Trinajstić information content (AvgIpc) is 2.91. The highest BCUT2D eigenvalue weighted by Crippen LogP contribution is 2.30. The van der Waals surface area contributed by atoms with Gasteiger partial charge in [0.25, 0.3) is 0 Å². The molecule has 0 saturated heterocycles. The predicted molar refractivity (Wildman–Crippen MR) is 64.3 cm³/mol. The minimum absolute atomic E-state index is 0.0217. The molecule has 0 radical (unpaired) electrons. The van der Waals surface area contributed by atoms with E-state index in [1.807, 2.05) is 12.1 Å². The maximum Gasteiger partial charge on any atom is 0.228 e. The van der Waals surface area contributed by atoms with E-state index in [2.05, 4.69) is 10.5 Å². The molecule has 90 valence electrons. The Morgan fingerprint density at radius 3 is 3.06 bits per heavy atom. The van der Waals surface area contributed by atoms with Crippen molar-refractivity contribution in [2.75, 3.05) is 5.32 Å². The van der Waals surface area contributed by atoms with Crippen LogP contribution in [0.2, 0.25) is 0 Å². The van der Waals surface area contributed by atoms with Crippen molar-refractivity contribution in [3.05, 3.63) is 35.5 Å². The van der Waals surface area contributed by atoms with Crippen LogP contribution in [0.4, 0.5) is 5.69 Å². The SMILES string of the molecule is CC(=O)c1cnoc1-c1ccc2c(c1)CC(=O)N2. The molecule has 0 spiro atoms. The van der Waals surface area contributed by atoms with E-state index in [-0.39, 0.29) is 11.7 Å². The maximum absolute atomic E-state index is 11.4. The summed E-state index contributed by atoms with van der Waals surface area (Å²) in [5, 5.41) is 6.41. The summed E-state index contributed by atoms with van der Waals surface area (Å²) in [6, 6.07) is 5.46. The molecule has 5 heteroatoms. The first-order valence-corrected chi connectivity index (χ1v) is 5.54. The van der Waals surface area contributed by atoms with Gasteiger partial charge in [0.2, 0.25) is 5.91 Å². The molecule has 0 atom stereocenters. The fourth-order valence-corrected chi connectivity index (χ4v) is 2.07. The van der Waals surface area contributed by atoms with Crippen molar-refractivity contribution in [2.45, 2.75) is 13.3 Å². The van der Waals surface area contributed by atoms with Crippen LogP contribution >= 0.6 is 0 Å². The van der Waals surface area contributed by atoms with Gasteiger partial charge in [-0.25, -0.2) is 0 Å². The van der Waals surface area contributed by atoms with Crippen molar-refractivity contribution in [3.63, 3.8) is 0 Å². The number of carbonyl (C=O) groups excluding carboxylic acids is 2. The van der Waals surface area contributed by atoms with E-state index in [0.29, 0.717) is 17.7 Å². The van der Waals surface area contributed by atoms with Crippen LogP contribution in [0.5, 0.6) is 0 Å².